The first-order valence-corrected chi connectivity index (χ1v) is 5.54. The zero-order chi connectivity index (χ0) is 12.0. The predicted molar refractivity (Wildman–Crippen MR) is 64.2 cm³/mol. The van der Waals surface area contributed by atoms with Crippen LogP contribution in [0, 0.1) is 6.92 Å². The van der Waals surface area contributed by atoms with Gasteiger partial charge < -0.3 is 10.1 Å². The summed E-state index contributed by atoms with van der Waals surface area (Å²) in [6.07, 6.45) is 0.432. The molecule has 0 saturated heterocycles. The summed E-state index contributed by atoms with van der Waals surface area (Å²) >= 11 is 0. The number of methoxy groups -OCH3 is 1. The molecule has 0 aliphatic rings. The van der Waals surface area contributed by atoms with Gasteiger partial charge in [-0.2, -0.15) is 0 Å². The van der Waals surface area contributed by atoms with Crippen LogP contribution in [-0.2, 0) is 9.53 Å². The molecule has 0 aliphatic carbocycles. The van der Waals surface area contributed by atoms with Crippen LogP contribution >= 0.6 is 0 Å². The Balaban J connectivity index is 2.68. The van der Waals surface area contributed by atoms with Crippen molar-refractivity contribution >= 4 is 5.91 Å². The van der Waals surface area contributed by atoms with Crippen molar-refractivity contribution in [3.63, 3.8) is 0 Å². The highest BCUT2D eigenvalue weighted by molar-refractivity contribution is 5.75. The van der Waals surface area contributed by atoms with Crippen molar-refractivity contribution in [1.82, 2.24) is 5.32 Å². The lowest BCUT2D eigenvalue weighted by Gasteiger charge is -2.18. The highest BCUT2D eigenvalue weighted by Crippen LogP contribution is 2.19. The van der Waals surface area contributed by atoms with E-state index in [4.69, 9.17) is 4.74 Å². The van der Waals surface area contributed by atoms with Gasteiger partial charge >= 0.3 is 0 Å². The zero-order valence-electron chi connectivity index (χ0n) is 10.1. The Morgan fingerprint density at radius 1 is 1.44 bits per heavy atom. The van der Waals surface area contributed by atoms with Crippen LogP contribution in [0.5, 0.6) is 0 Å². The second kappa shape index (κ2) is 6.28. The molecule has 1 atom stereocenters. The molecule has 0 fully saturated rings. The molecule has 0 aromatic heterocycles. The van der Waals surface area contributed by atoms with Crippen LogP contribution in [0.2, 0.25) is 0 Å². The second-order valence-electron chi connectivity index (χ2n) is 3.74. The summed E-state index contributed by atoms with van der Waals surface area (Å²) in [5.74, 6) is 0.0515. The molecule has 0 heterocycles. The third-order valence-electron chi connectivity index (χ3n) is 2.63. The Morgan fingerprint density at radius 3 is 2.69 bits per heavy atom. The van der Waals surface area contributed by atoms with E-state index in [0.29, 0.717) is 13.0 Å². The smallest absolute Gasteiger partial charge is 0.219 e. The van der Waals surface area contributed by atoms with Crippen LogP contribution < -0.4 is 5.32 Å². The van der Waals surface area contributed by atoms with Gasteiger partial charge in [-0.15, -0.1) is 0 Å². The Bertz CT molecular complexity index is 350. The van der Waals surface area contributed by atoms with Crippen LogP contribution in [0.15, 0.2) is 24.3 Å². The lowest BCUT2D eigenvalue weighted by atomic mass is 10.0. The maximum absolute atomic E-state index is 11.2. The lowest BCUT2D eigenvalue weighted by molar-refractivity contribution is -0.121. The Labute approximate surface area is 96.8 Å². The molecular formula is C13H19NO2. The minimum absolute atomic E-state index is 0.0515. The molecule has 3 nitrogen and oxygen atoms in total. The van der Waals surface area contributed by atoms with Crippen molar-refractivity contribution in [2.75, 3.05) is 13.7 Å². The normalized spacial score (nSPS) is 12.2. The fourth-order valence-corrected chi connectivity index (χ4v) is 1.60. The van der Waals surface area contributed by atoms with E-state index < -0.39 is 0 Å². The number of ether oxygens (including phenoxy) is 1. The monoisotopic (exact) mass is 221 g/mol. The first-order valence-electron chi connectivity index (χ1n) is 5.54. The fraction of sp³-hybridized carbons (Fsp3) is 0.462. The molecule has 0 radical (unpaired) electrons. The molecular weight excluding hydrogens is 202 g/mol. The van der Waals surface area contributed by atoms with Gasteiger partial charge in [0.15, 0.2) is 0 Å². The van der Waals surface area contributed by atoms with Gasteiger partial charge in [0.1, 0.15) is 0 Å². The standard InChI is InChI=1S/C13H19NO2/c1-4-13(15)14-9-12(16-3)11-8-6-5-7-10(11)2/h5-8,12H,4,9H2,1-3H3,(H,14,15)/t12-/m1/s1. The Kier molecular flexibility index (Phi) is 4.99. The molecule has 1 N–H and O–H groups in total. The van der Waals surface area contributed by atoms with E-state index >= 15 is 0 Å². The molecule has 16 heavy (non-hydrogen) atoms. The highest BCUT2D eigenvalue weighted by Gasteiger charge is 2.12. The van der Waals surface area contributed by atoms with Gasteiger partial charge in [-0.3, -0.25) is 4.79 Å². The van der Waals surface area contributed by atoms with Gasteiger partial charge in [-0.1, -0.05) is 31.2 Å². The first-order chi connectivity index (χ1) is 7.69. The summed E-state index contributed by atoms with van der Waals surface area (Å²) in [6.45, 7) is 4.40. The van der Waals surface area contributed by atoms with Gasteiger partial charge in [0.05, 0.1) is 6.10 Å². The highest BCUT2D eigenvalue weighted by atomic mass is 16.5. The quantitative estimate of drug-likeness (QED) is 0.827. The van der Waals surface area contributed by atoms with E-state index in [9.17, 15) is 4.79 Å². The SMILES string of the molecule is CCC(=O)NC[C@@H](OC)c1ccccc1C. The van der Waals surface area contributed by atoms with Crippen molar-refractivity contribution in [3.05, 3.63) is 35.4 Å². The van der Waals surface area contributed by atoms with Crippen molar-refractivity contribution in [1.29, 1.82) is 0 Å². The molecule has 1 rings (SSSR count). The number of carbonyl (C=O) groups is 1. The number of nitrogens with one attached hydrogen (secondary N) is 1. The van der Waals surface area contributed by atoms with Crippen molar-refractivity contribution < 1.29 is 9.53 Å². The summed E-state index contributed by atoms with van der Waals surface area (Å²) in [7, 11) is 1.66. The van der Waals surface area contributed by atoms with E-state index in [-0.39, 0.29) is 12.0 Å². The Morgan fingerprint density at radius 2 is 2.12 bits per heavy atom. The third kappa shape index (κ3) is 3.35. The summed E-state index contributed by atoms with van der Waals surface area (Å²) < 4.78 is 5.40. The molecule has 0 spiro atoms. The summed E-state index contributed by atoms with van der Waals surface area (Å²) in [5.41, 5.74) is 2.31. The molecule has 3 heteroatoms. The van der Waals surface area contributed by atoms with Gasteiger partial charge in [-0.05, 0) is 18.1 Å². The second-order valence-corrected chi connectivity index (χ2v) is 3.74. The third-order valence-corrected chi connectivity index (χ3v) is 2.63. The van der Waals surface area contributed by atoms with Gasteiger partial charge in [0.2, 0.25) is 5.91 Å². The van der Waals surface area contributed by atoms with E-state index in [0.717, 1.165) is 5.56 Å². The predicted octanol–water partition coefficient (Wildman–Crippen LogP) is 2.21. The zero-order valence-corrected chi connectivity index (χ0v) is 10.1. The fourth-order valence-electron chi connectivity index (χ4n) is 1.60. The van der Waals surface area contributed by atoms with Gasteiger partial charge in [0, 0.05) is 20.1 Å². The van der Waals surface area contributed by atoms with E-state index in [1.54, 1.807) is 7.11 Å². The number of hydrogen-bond donors (Lipinski definition) is 1. The molecule has 0 bridgehead atoms. The number of rotatable bonds is 5. The molecule has 0 saturated carbocycles. The van der Waals surface area contributed by atoms with E-state index in [1.807, 2.05) is 38.1 Å². The first kappa shape index (κ1) is 12.7. The largest absolute Gasteiger partial charge is 0.375 e. The van der Waals surface area contributed by atoms with E-state index in [1.165, 1.54) is 5.56 Å². The minimum atomic E-state index is -0.0725. The van der Waals surface area contributed by atoms with Crippen molar-refractivity contribution in [2.24, 2.45) is 0 Å². The molecule has 1 amide bonds. The molecule has 0 unspecified atom stereocenters. The van der Waals surface area contributed by atoms with Crippen molar-refractivity contribution in [3.8, 4) is 0 Å². The average molecular weight is 221 g/mol. The molecule has 1 aromatic rings. The maximum Gasteiger partial charge on any atom is 0.219 e. The number of amides is 1. The van der Waals surface area contributed by atoms with Crippen LogP contribution in [0.25, 0.3) is 0 Å². The lowest BCUT2D eigenvalue weighted by Crippen LogP contribution is -2.28. The van der Waals surface area contributed by atoms with Crippen LogP contribution in [-0.4, -0.2) is 19.6 Å². The molecule has 0 aliphatic heterocycles. The van der Waals surface area contributed by atoms with Crippen LogP contribution in [0.1, 0.15) is 30.6 Å². The summed E-state index contributed by atoms with van der Waals surface area (Å²) in [6, 6.07) is 8.05. The van der Waals surface area contributed by atoms with Gasteiger partial charge in [0.25, 0.3) is 0 Å². The maximum atomic E-state index is 11.2. The van der Waals surface area contributed by atoms with Crippen LogP contribution in [0.4, 0.5) is 0 Å². The van der Waals surface area contributed by atoms with Gasteiger partial charge in [-0.25, -0.2) is 0 Å². The molecule has 1 aromatic carbocycles. The topological polar surface area (TPSA) is 38.3 Å². The average Bonchev–Trinajstić information content (AvgIpc) is 2.31. The summed E-state index contributed by atoms with van der Waals surface area (Å²) in [4.78, 5) is 11.2. The number of carbonyl (C=O) groups excluding carboxylic acids is 1. The summed E-state index contributed by atoms with van der Waals surface area (Å²) in [5, 5.41) is 2.85. The van der Waals surface area contributed by atoms with Crippen molar-refractivity contribution in [2.45, 2.75) is 26.4 Å². The minimum Gasteiger partial charge on any atom is -0.375 e. The number of aryl methyl sites for hydroxylation is 1. The van der Waals surface area contributed by atoms with E-state index in [2.05, 4.69) is 5.32 Å². The number of hydrogen-bond acceptors (Lipinski definition) is 2. The number of benzene rings is 1. The molecule has 88 valence electrons. The Hall–Kier alpha value is -1.35. The van der Waals surface area contributed by atoms with Crippen LogP contribution in [0.3, 0.4) is 0 Å².